The molecule has 0 fully saturated rings. The number of ether oxygens (including phenoxy) is 1. The van der Waals surface area contributed by atoms with Crippen molar-refractivity contribution in [2.45, 2.75) is 6.42 Å². The van der Waals surface area contributed by atoms with E-state index in [0.29, 0.717) is 13.0 Å². The van der Waals surface area contributed by atoms with E-state index in [1.54, 1.807) is 0 Å². The van der Waals surface area contributed by atoms with Gasteiger partial charge in [-0.2, -0.15) is 0 Å². The van der Waals surface area contributed by atoms with Gasteiger partial charge in [0, 0.05) is 12.1 Å². The van der Waals surface area contributed by atoms with Gasteiger partial charge in [-0.15, -0.1) is 12.4 Å². The number of hydrogen-bond donors (Lipinski definition) is 1. The van der Waals surface area contributed by atoms with Crippen LogP contribution in [0.25, 0.3) is 0 Å². The van der Waals surface area contributed by atoms with Crippen molar-refractivity contribution in [1.82, 2.24) is 0 Å². The summed E-state index contributed by atoms with van der Waals surface area (Å²) in [6.07, 6.45) is 0.563. The van der Waals surface area contributed by atoms with Crippen molar-refractivity contribution in [3.8, 4) is 5.75 Å². The van der Waals surface area contributed by atoms with Crippen molar-refractivity contribution >= 4 is 18.1 Å². The highest BCUT2D eigenvalue weighted by molar-refractivity contribution is 5.85. The van der Waals surface area contributed by atoms with Crippen LogP contribution >= 0.6 is 12.4 Å². The van der Waals surface area contributed by atoms with Crippen LogP contribution in [0, 0.1) is 15.9 Å². The summed E-state index contributed by atoms with van der Waals surface area (Å²) in [5.41, 5.74) is 4.99. The van der Waals surface area contributed by atoms with Crippen molar-refractivity contribution in [2.24, 2.45) is 5.73 Å². The molecule has 16 heavy (non-hydrogen) atoms. The van der Waals surface area contributed by atoms with Gasteiger partial charge in [0.2, 0.25) is 0 Å². The minimum absolute atomic E-state index is 0. The number of benzene rings is 1. The summed E-state index contributed by atoms with van der Waals surface area (Å²) in [4.78, 5) is 9.93. The van der Waals surface area contributed by atoms with E-state index in [2.05, 4.69) is 0 Å². The number of halogens is 2. The van der Waals surface area contributed by atoms with Gasteiger partial charge in [-0.3, -0.25) is 10.1 Å². The van der Waals surface area contributed by atoms with Crippen LogP contribution in [0.2, 0.25) is 0 Å². The molecule has 0 aromatic heterocycles. The Labute approximate surface area is 98.0 Å². The highest BCUT2D eigenvalue weighted by atomic mass is 35.5. The minimum atomic E-state index is -0.614. The molecule has 0 heterocycles. The monoisotopic (exact) mass is 250 g/mol. The quantitative estimate of drug-likeness (QED) is 0.492. The second-order valence-electron chi connectivity index (χ2n) is 2.86. The smallest absolute Gasteiger partial charge is 0.311 e. The SMILES string of the molecule is Cl.NCCCOc1cc(F)ccc1[N+](=O)[O-]. The molecule has 0 amide bonds. The molecule has 0 saturated heterocycles. The van der Waals surface area contributed by atoms with Gasteiger partial charge in [-0.05, 0) is 19.0 Å². The third kappa shape index (κ3) is 4.00. The Morgan fingerprint density at radius 2 is 2.19 bits per heavy atom. The van der Waals surface area contributed by atoms with E-state index in [0.717, 1.165) is 18.2 Å². The number of nitro benzene ring substituents is 1. The fraction of sp³-hybridized carbons (Fsp3) is 0.333. The number of nitro groups is 1. The molecule has 7 heteroatoms. The number of rotatable bonds is 5. The second kappa shape index (κ2) is 6.97. The van der Waals surface area contributed by atoms with Gasteiger partial charge in [0.05, 0.1) is 11.5 Å². The lowest BCUT2D eigenvalue weighted by molar-refractivity contribution is -0.385. The third-order valence-corrected chi connectivity index (χ3v) is 1.72. The molecule has 0 unspecified atom stereocenters. The van der Waals surface area contributed by atoms with E-state index in [1.807, 2.05) is 0 Å². The van der Waals surface area contributed by atoms with E-state index in [4.69, 9.17) is 10.5 Å². The Balaban J connectivity index is 0.00000225. The average molecular weight is 251 g/mol. The summed E-state index contributed by atoms with van der Waals surface area (Å²) in [5.74, 6) is -0.628. The first-order valence-corrected chi connectivity index (χ1v) is 4.42. The van der Waals surface area contributed by atoms with Gasteiger partial charge >= 0.3 is 5.69 Å². The van der Waals surface area contributed by atoms with Gasteiger partial charge in [0.25, 0.3) is 0 Å². The van der Waals surface area contributed by atoms with Crippen LogP contribution in [0.5, 0.6) is 5.75 Å². The molecule has 0 radical (unpaired) electrons. The molecule has 0 atom stereocenters. The molecule has 0 saturated carbocycles. The third-order valence-electron chi connectivity index (χ3n) is 1.72. The predicted molar refractivity (Wildman–Crippen MR) is 59.5 cm³/mol. The largest absolute Gasteiger partial charge is 0.487 e. The molecule has 0 spiro atoms. The van der Waals surface area contributed by atoms with Crippen LogP contribution < -0.4 is 10.5 Å². The first-order valence-electron chi connectivity index (χ1n) is 4.42. The molecule has 5 nitrogen and oxygen atoms in total. The fourth-order valence-electron chi connectivity index (χ4n) is 1.02. The molecule has 1 aromatic rings. The molecular weight excluding hydrogens is 239 g/mol. The van der Waals surface area contributed by atoms with Crippen LogP contribution in [0.4, 0.5) is 10.1 Å². The van der Waals surface area contributed by atoms with Gasteiger partial charge in [0.1, 0.15) is 5.82 Å². The molecular formula is C9H12ClFN2O3. The van der Waals surface area contributed by atoms with Crippen molar-refractivity contribution in [2.75, 3.05) is 13.2 Å². The Kier molecular flexibility index (Phi) is 6.36. The summed E-state index contributed by atoms with van der Waals surface area (Å²) in [7, 11) is 0. The van der Waals surface area contributed by atoms with Crippen LogP contribution in [0.1, 0.15) is 6.42 Å². The first kappa shape index (κ1) is 14.6. The van der Waals surface area contributed by atoms with Crippen molar-refractivity contribution in [1.29, 1.82) is 0 Å². The summed E-state index contributed by atoms with van der Waals surface area (Å²) in [6, 6.07) is 3.09. The molecule has 1 rings (SSSR count). The Bertz CT molecular complexity index is 363. The number of hydrogen-bond acceptors (Lipinski definition) is 4. The Hall–Kier alpha value is -1.40. The summed E-state index contributed by atoms with van der Waals surface area (Å²) in [6.45, 7) is 0.657. The fourth-order valence-corrected chi connectivity index (χ4v) is 1.02. The lowest BCUT2D eigenvalue weighted by atomic mass is 10.3. The zero-order valence-electron chi connectivity index (χ0n) is 8.39. The molecule has 90 valence electrons. The number of nitrogens with two attached hydrogens (primary N) is 1. The molecule has 0 aliphatic carbocycles. The van der Waals surface area contributed by atoms with Crippen LogP contribution in [-0.2, 0) is 0 Å². The summed E-state index contributed by atoms with van der Waals surface area (Å²) >= 11 is 0. The minimum Gasteiger partial charge on any atom is -0.487 e. The average Bonchev–Trinajstić information content (AvgIpc) is 2.18. The van der Waals surface area contributed by atoms with Crippen molar-refractivity contribution < 1.29 is 14.1 Å². The van der Waals surface area contributed by atoms with Gasteiger partial charge < -0.3 is 10.5 Å². The van der Waals surface area contributed by atoms with E-state index in [-0.39, 0.29) is 30.5 Å². The Morgan fingerprint density at radius 1 is 1.50 bits per heavy atom. The molecule has 1 aromatic carbocycles. The normalized spacial score (nSPS) is 9.38. The second-order valence-corrected chi connectivity index (χ2v) is 2.86. The molecule has 0 aliphatic heterocycles. The van der Waals surface area contributed by atoms with Crippen LogP contribution in [0.15, 0.2) is 18.2 Å². The van der Waals surface area contributed by atoms with Gasteiger partial charge in [0.15, 0.2) is 5.75 Å². The predicted octanol–water partition coefficient (Wildman–Crippen LogP) is 1.88. The van der Waals surface area contributed by atoms with Crippen LogP contribution in [-0.4, -0.2) is 18.1 Å². The highest BCUT2D eigenvalue weighted by Crippen LogP contribution is 2.27. The zero-order chi connectivity index (χ0) is 11.3. The molecule has 0 bridgehead atoms. The molecule has 0 aliphatic rings. The van der Waals surface area contributed by atoms with E-state index in [1.165, 1.54) is 0 Å². The van der Waals surface area contributed by atoms with Gasteiger partial charge in [-0.25, -0.2) is 4.39 Å². The lowest BCUT2D eigenvalue weighted by Gasteiger charge is -2.05. The standard InChI is InChI=1S/C9H11FN2O3.ClH/c10-7-2-3-8(12(13)14)9(6-7)15-5-1-4-11;/h2-3,6H,1,4-5,11H2;1H. The topological polar surface area (TPSA) is 78.4 Å². The van der Waals surface area contributed by atoms with E-state index < -0.39 is 10.7 Å². The summed E-state index contributed by atoms with van der Waals surface area (Å²) in [5, 5.41) is 10.5. The van der Waals surface area contributed by atoms with E-state index in [9.17, 15) is 14.5 Å². The highest BCUT2D eigenvalue weighted by Gasteiger charge is 2.15. The van der Waals surface area contributed by atoms with Crippen LogP contribution in [0.3, 0.4) is 0 Å². The van der Waals surface area contributed by atoms with E-state index >= 15 is 0 Å². The zero-order valence-corrected chi connectivity index (χ0v) is 9.21. The van der Waals surface area contributed by atoms with Gasteiger partial charge in [-0.1, -0.05) is 0 Å². The van der Waals surface area contributed by atoms with Crippen molar-refractivity contribution in [3.05, 3.63) is 34.1 Å². The maximum atomic E-state index is 12.8. The van der Waals surface area contributed by atoms with Crippen molar-refractivity contribution in [3.63, 3.8) is 0 Å². The lowest BCUT2D eigenvalue weighted by Crippen LogP contribution is -2.07. The maximum absolute atomic E-state index is 12.8. The molecule has 2 N–H and O–H groups in total. The summed E-state index contributed by atoms with van der Waals surface area (Å²) < 4.78 is 17.9. The maximum Gasteiger partial charge on any atom is 0.311 e. The first-order chi connectivity index (χ1) is 7.15. The number of nitrogens with zero attached hydrogens (tertiary/aromatic N) is 1. The Morgan fingerprint density at radius 3 is 2.75 bits per heavy atom.